The Hall–Kier alpha value is 0.948. The van der Waals surface area contributed by atoms with Gasteiger partial charge in [0.2, 0.25) is 0 Å². The standard InChI is InChI=1S/C11H8ClO3.6ClH.Sb/c1-14-11(13)10-6-8(12)7-4-2-3-5-9(7)15-10;;;;;;;/h2-6H,1H3;6*1H;/q+1;;;;;;;+5/p-6. The van der Waals surface area contributed by atoms with Crippen molar-refractivity contribution in [3.8, 4) is 0 Å². The van der Waals surface area contributed by atoms with E-state index in [0.29, 0.717) is 10.6 Å². The Labute approximate surface area is 151 Å². The number of carbonyl (C=O) groups excluding carboxylic acids is 1. The first-order valence-electron chi connectivity index (χ1n) is 5.33. The van der Waals surface area contributed by atoms with Crippen molar-refractivity contribution in [1.82, 2.24) is 0 Å². The summed E-state index contributed by atoms with van der Waals surface area (Å²) in [4.78, 5) is 11.2. The Kier molecular flexibility index (Phi) is 6.38. The molecule has 2 aromatic rings. The molecule has 2 rings (SSSR count). The number of hydrogen-bond donors (Lipinski definition) is 0. The van der Waals surface area contributed by atoms with Crippen LogP contribution in [-0.2, 0) is 4.74 Å². The van der Waals surface area contributed by atoms with Crippen molar-refractivity contribution < 1.29 is 13.9 Å². The van der Waals surface area contributed by atoms with Crippen LogP contribution in [0.5, 0.6) is 0 Å². The summed E-state index contributed by atoms with van der Waals surface area (Å²) in [5.41, 5.74) is 0.561. The maximum atomic E-state index is 11.2. The van der Waals surface area contributed by atoms with Gasteiger partial charge in [-0.25, -0.2) is 4.79 Å². The second kappa shape index (κ2) is 6.69. The summed E-state index contributed by atoms with van der Waals surface area (Å²) in [5.74, 6) is -0.441. The molecule has 0 atom stereocenters. The Morgan fingerprint density at radius 1 is 1.09 bits per heavy atom. The molecule has 0 fully saturated rings. The Morgan fingerprint density at radius 3 is 2.09 bits per heavy atom. The molecule has 0 amide bonds. The van der Waals surface area contributed by atoms with E-state index in [-0.39, 0.29) is 5.76 Å². The van der Waals surface area contributed by atoms with Crippen LogP contribution in [0.15, 0.2) is 34.7 Å². The molecule has 0 saturated heterocycles. The fourth-order valence-corrected chi connectivity index (χ4v) is 1.55. The summed E-state index contributed by atoms with van der Waals surface area (Å²) in [7, 11) is 26.3. The van der Waals surface area contributed by atoms with Gasteiger partial charge < -0.3 is 4.74 Å². The van der Waals surface area contributed by atoms with Crippen molar-refractivity contribution in [2.45, 2.75) is 0 Å². The van der Waals surface area contributed by atoms with Crippen LogP contribution < -0.4 is 0 Å². The van der Waals surface area contributed by atoms with Gasteiger partial charge in [0.1, 0.15) is 0 Å². The van der Waals surface area contributed by atoms with Crippen LogP contribution in [0.25, 0.3) is 11.0 Å². The molecule has 1 aromatic carbocycles. The first-order valence-corrected chi connectivity index (χ1v) is 25.1. The average molecular weight is 558 g/mol. The molecule has 0 saturated carbocycles. The van der Waals surface area contributed by atoms with E-state index in [1.54, 1.807) is 6.07 Å². The summed E-state index contributed by atoms with van der Waals surface area (Å²) in [6.07, 6.45) is 0. The number of carbonyl (C=O) groups is 1. The fourth-order valence-electron chi connectivity index (χ4n) is 1.29. The summed E-state index contributed by atoms with van der Waals surface area (Å²) in [6.45, 7) is 0. The molecule has 124 valence electrons. The maximum absolute atomic E-state index is 11.2. The number of hydrogen-bond acceptors (Lipinski definition) is 2. The summed E-state index contributed by atoms with van der Waals surface area (Å²) in [5, 5.41) is 1.24. The zero-order valence-corrected chi connectivity index (χ0v) is 18.5. The van der Waals surface area contributed by atoms with E-state index in [9.17, 15) is 4.79 Å². The van der Waals surface area contributed by atoms with Crippen LogP contribution in [0.3, 0.4) is 0 Å². The molecular weight excluding hydrogens is 550 g/mol. The van der Waals surface area contributed by atoms with Crippen LogP contribution in [0.4, 0.5) is 0 Å². The minimum atomic E-state index is -5.42. The van der Waals surface area contributed by atoms with Crippen molar-refractivity contribution in [3.05, 3.63) is 41.1 Å². The van der Waals surface area contributed by atoms with Crippen LogP contribution in [0.2, 0.25) is 5.02 Å². The molecule has 0 spiro atoms. The SMILES string of the molecule is COC(=O)c1cc(Cl)c2ccccc2[o+]1.[Cl][Sb-]([Cl])([Cl])([Cl])([Cl])[Cl]. The van der Waals surface area contributed by atoms with Crippen molar-refractivity contribution >= 4 is 90.7 Å². The van der Waals surface area contributed by atoms with E-state index in [1.807, 2.05) is 18.2 Å². The van der Waals surface area contributed by atoms with Crippen molar-refractivity contribution in [2.24, 2.45) is 0 Å². The minimum absolute atomic E-state index is 0.0983. The predicted octanol–water partition coefficient (Wildman–Crippen LogP) is 6.91. The predicted molar refractivity (Wildman–Crippen MR) is 97.8 cm³/mol. The molecule has 0 aliphatic heterocycles. The third-order valence-electron chi connectivity index (χ3n) is 2.01. The molecule has 22 heavy (non-hydrogen) atoms. The molecule has 0 unspecified atom stereocenters. The summed E-state index contributed by atoms with van der Waals surface area (Å²) >= 11 is 6.00. The topological polar surface area (TPSA) is 37.6 Å². The van der Waals surface area contributed by atoms with Gasteiger partial charge in [-0.05, 0) is 6.07 Å². The molecule has 0 N–H and O–H groups in total. The number of rotatable bonds is 1. The molecule has 1 heterocycles. The van der Waals surface area contributed by atoms with Crippen LogP contribution in [-0.4, -0.2) is 22.2 Å². The van der Waals surface area contributed by atoms with Crippen molar-refractivity contribution in [1.29, 1.82) is 0 Å². The van der Waals surface area contributed by atoms with Gasteiger partial charge in [-0.15, -0.1) is 0 Å². The first kappa shape index (κ1) is 21.0. The molecule has 0 aliphatic rings. The number of fused-ring (bicyclic) bond motifs is 1. The summed E-state index contributed by atoms with van der Waals surface area (Å²) < 4.78 is 9.89. The Bertz CT molecular complexity index is 701. The van der Waals surface area contributed by atoms with E-state index >= 15 is 0 Å². The van der Waals surface area contributed by atoms with Gasteiger partial charge in [-0.2, -0.15) is 4.42 Å². The van der Waals surface area contributed by atoms with Gasteiger partial charge >= 0.3 is 79.4 Å². The number of para-hydroxylation sites is 1. The van der Waals surface area contributed by atoms with Gasteiger partial charge in [0, 0.05) is 6.07 Å². The number of ether oxygens (including phenoxy) is 1. The average Bonchev–Trinajstić information content (AvgIpc) is 2.34. The van der Waals surface area contributed by atoms with Gasteiger partial charge in [0.15, 0.2) is 0 Å². The van der Waals surface area contributed by atoms with Gasteiger partial charge in [0.25, 0.3) is 0 Å². The molecular formula is C11H8Cl7O3Sb. The number of benzene rings is 1. The van der Waals surface area contributed by atoms with Crippen LogP contribution in [0.1, 0.15) is 10.6 Å². The first-order chi connectivity index (χ1) is 9.67. The monoisotopic (exact) mass is 554 g/mol. The molecule has 11 heteroatoms. The number of esters is 1. The third-order valence-corrected chi connectivity index (χ3v) is 2.32. The quantitative estimate of drug-likeness (QED) is 0.217. The molecule has 3 nitrogen and oxygen atoms in total. The summed E-state index contributed by atoms with van der Waals surface area (Å²) in [6, 6.07) is 8.68. The molecule has 0 bridgehead atoms. The number of halogens is 7. The molecule has 0 aliphatic carbocycles. The second-order valence-corrected chi connectivity index (χ2v) is 61.2. The number of methoxy groups -OCH3 is 1. The van der Waals surface area contributed by atoms with E-state index in [0.717, 1.165) is 5.39 Å². The van der Waals surface area contributed by atoms with Gasteiger partial charge in [-0.1, -0.05) is 23.7 Å². The third kappa shape index (κ3) is 9.29. The van der Waals surface area contributed by atoms with E-state index in [2.05, 4.69) is 4.74 Å². The second-order valence-electron chi connectivity index (χ2n) is 3.90. The van der Waals surface area contributed by atoms with Gasteiger partial charge in [-0.3, -0.25) is 0 Å². The van der Waals surface area contributed by atoms with Crippen molar-refractivity contribution in [3.63, 3.8) is 0 Å². The van der Waals surface area contributed by atoms with E-state index in [4.69, 9.17) is 69.0 Å². The molecule has 0 radical (unpaired) electrons. The van der Waals surface area contributed by atoms with Gasteiger partial charge in [0.05, 0.1) is 23.6 Å². The normalized spacial score (nSPS) is 14.4. The Balaban J connectivity index is 0.000000295. The van der Waals surface area contributed by atoms with E-state index in [1.165, 1.54) is 13.2 Å². The zero-order chi connectivity index (χ0) is 17.2. The van der Waals surface area contributed by atoms with E-state index < -0.39 is 15.1 Å². The Morgan fingerprint density at radius 2 is 1.59 bits per heavy atom. The van der Waals surface area contributed by atoms with Crippen LogP contribution in [0, 0.1) is 0 Å². The van der Waals surface area contributed by atoms with Crippen molar-refractivity contribution in [2.75, 3.05) is 7.11 Å². The zero-order valence-electron chi connectivity index (χ0n) is 10.7. The fraction of sp³-hybridized carbons (Fsp3) is 0.0909. The molecule has 1 aromatic heterocycles. The van der Waals surface area contributed by atoms with Crippen LogP contribution >= 0.6 is 64.6 Å².